The largest absolute Gasteiger partial charge is 0.485 e. The molecule has 124 valence electrons. The van der Waals surface area contributed by atoms with E-state index in [1.54, 1.807) is 20.8 Å². The number of nitrogens with two attached hydrogens (primary N) is 1. The van der Waals surface area contributed by atoms with Gasteiger partial charge in [-0.05, 0) is 32.9 Å². The second kappa shape index (κ2) is 7.51. The van der Waals surface area contributed by atoms with E-state index in [-0.39, 0.29) is 6.42 Å². The van der Waals surface area contributed by atoms with E-state index in [1.165, 1.54) is 6.07 Å². The molecule has 0 fully saturated rings. The molecule has 0 radical (unpaired) electrons. The zero-order valence-electron chi connectivity index (χ0n) is 12.8. The van der Waals surface area contributed by atoms with Crippen LogP contribution in [0.4, 0.5) is 8.78 Å². The molecule has 0 saturated heterocycles. The van der Waals surface area contributed by atoms with Gasteiger partial charge in [0.1, 0.15) is 18.3 Å². The summed E-state index contributed by atoms with van der Waals surface area (Å²) in [6, 6.07) is 2.30. The van der Waals surface area contributed by atoms with E-state index in [4.69, 9.17) is 15.2 Å². The lowest BCUT2D eigenvalue weighted by Gasteiger charge is -2.23. The Morgan fingerprint density at radius 2 is 1.86 bits per heavy atom. The van der Waals surface area contributed by atoms with Crippen molar-refractivity contribution in [1.29, 1.82) is 0 Å². The SMILES string of the molecule is CC(C)(C)OC(=O)C[C@H](N)C(O)COc1c(F)cccc1F. The minimum Gasteiger partial charge on any atom is -0.485 e. The van der Waals surface area contributed by atoms with Crippen LogP contribution in [0.15, 0.2) is 18.2 Å². The molecular weight excluding hydrogens is 296 g/mol. The summed E-state index contributed by atoms with van der Waals surface area (Å²) in [5.41, 5.74) is 5.00. The number of carbonyl (C=O) groups is 1. The van der Waals surface area contributed by atoms with Crippen molar-refractivity contribution < 1.29 is 28.2 Å². The Bertz CT molecular complexity index is 497. The van der Waals surface area contributed by atoms with Crippen LogP contribution in [0.25, 0.3) is 0 Å². The smallest absolute Gasteiger partial charge is 0.307 e. The molecule has 0 aliphatic heterocycles. The van der Waals surface area contributed by atoms with Gasteiger partial charge < -0.3 is 20.3 Å². The molecule has 1 rings (SSSR count). The highest BCUT2D eigenvalue weighted by Crippen LogP contribution is 2.21. The first-order valence-corrected chi connectivity index (χ1v) is 6.82. The van der Waals surface area contributed by atoms with Gasteiger partial charge in [0, 0.05) is 6.04 Å². The maximum Gasteiger partial charge on any atom is 0.307 e. The van der Waals surface area contributed by atoms with Crippen molar-refractivity contribution in [3.05, 3.63) is 29.8 Å². The minimum absolute atomic E-state index is 0.235. The maximum atomic E-state index is 13.3. The summed E-state index contributed by atoms with van der Waals surface area (Å²) in [5.74, 6) is -2.93. The molecule has 1 unspecified atom stereocenters. The number of halogens is 2. The Morgan fingerprint density at radius 3 is 2.36 bits per heavy atom. The van der Waals surface area contributed by atoms with Crippen molar-refractivity contribution in [2.24, 2.45) is 5.73 Å². The third kappa shape index (κ3) is 5.95. The summed E-state index contributed by atoms with van der Waals surface area (Å²) in [6.07, 6.45) is -1.51. The number of carbonyl (C=O) groups excluding carboxylic acids is 1. The molecule has 3 N–H and O–H groups in total. The van der Waals surface area contributed by atoms with Crippen LogP contribution in [0, 0.1) is 11.6 Å². The van der Waals surface area contributed by atoms with Crippen molar-refractivity contribution in [3.63, 3.8) is 0 Å². The molecule has 0 heterocycles. The standard InChI is InChI=1S/C15H21F2NO4/c1-15(2,3)22-13(20)7-11(18)12(19)8-21-14-9(16)5-4-6-10(14)17/h4-6,11-12,19H,7-8,18H2,1-3H3/t11-,12?/m0/s1. The Morgan fingerprint density at radius 1 is 1.32 bits per heavy atom. The molecule has 0 saturated carbocycles. The van der Waals surface area contributed by atoms with Gasteiger partial charge in [-0.2, -0.15) is 0 Å². The van der Waals surface area contributed by atoms with Crippen LogP contribution in [0.5, 0.6) is 5.75 Å². The molecule has 22 heavy (non-hydrogen) atoms. The fourth-order valence-corrected chi connectivity index (χ4v) is 1.62. The number of para-hydroxylation sites is 1. The number of aliphatic hydroxyl groups excluding tert-OH is 1. The van der Waals surface area contributed by atoms with Crippen molar-refractivity contribution in [1.82, 2.24) is 0 Å². The van der Waals surface area contributed by atoms with Crippen molar-refractivity contribution in [2.45, 2.75) is 44.9 Å². The van der Waals surface area contributed by atoms with E-state index in [2.05, 4.69) is 0 Å². The number of hydrogen-bond donors (Lipinski definition) is 2. The zero-order valence-corrected chi connectivity index (χ0v) is 12.8. The van der Waals surface area contributed by atoms with Crippen LogP contribution in [0.2, 0.25) is 0 Å². The first kappa shape index (κ1) is 18.3. The Balaban J connectivity index is 2.51. The first-order chi connectivity index (χ1) is 10.1. The summed E-state index contributed by atoms with van der Waals surface area (Å²) < 4.78 is 36.7. The van der Waals surface area contributed by atoms with Crippen LogP contribution < -0.4 is 10.5 Å². The van der Waals surface area contributed by atoms with E-state index < -0.39 is 47.7 Å². The summed E-state index contributed by atoms with van der Waals surface area (Å²) >= 11 is 0. The molecule has 0 aromatic heterocycles. The third-order valence-corrected chi connectivity index (χ3v) is 2.63. The normalized spacial score (nSPS) is 14.3. The topological polar surface area (TPSA) is 81.8 Å². The zero-order chi connectivity index (χ0) is 16.9. The van der Waals surface area contributed by atoms with Crippen molar-refractivity contribution in [2.75, 3.05) is 6.61 Å². The van der Waals surface area contributed by atoms with Gasteiger partial charge in [-0.3, -0.25) is 4.79 Å². The number of rotatable bonds is 6. The van der Waals surface area contributed by atoms with Crippen molar-refractivity contribution in [3.8, 4) is 5.75 Å². The van der Waals surface area contributed by atoms with Gasteiger partial charge in [0.25, 0.3) is 0 Å². The predicted octanol–water partition coefficient (Wildman–Crippen LogP) is 1.76. The number of esters is 1. The highest BCUT2D eigenvalue weighted by Gasteiger charge is 2.24. The Labute approximate surface area is 128 Å². The van der Waals surface area contributed by atoms with Crippen LogP contribution in [-0.4, -0.2) is 35.4 Å². The number of hydrogen-bond acceptors (Lipinski definition) is 5. The molecular formula is C15H21F2NO4. The lowest BCUT2D eigenvalue weighted by atomic mass is 10.1. The highest BCUT2D eigenvalue weighted by molar-refractivity contribution is 5.70. The predicted molar refractivity (Wildman–Crippen MR) is 76.3 cm³/mol. The monoisotopic (exact) mass is 317 g/mol. The van der Waals surface area contributed by atoms with Crippen LogP contribution in [-0.2, 0) is 9.53 Å². The second-order valence-electron chi connectivity index (χ2n) is 5.88. The van der Waals surface area contributed by atoms with Crippen LogP contribution in [0.3, 0.4) is 0 Å². The molecule has 5 nitrogen and oxygen atoms in total. The van der Waals surface area contributed by atoms with Crippen molar-refractivity contribution >= 4 is 5.97 Å². The van der Waals surface area contributed by atoms with Gasteiger partial charge in [0.2, 0.25) is 0 Å². The average Bonchev–Trinajstić information content (AvgIpc) is 2.35. The fraction of sp³-hybridized carbons (Fsp3) is 0.533. The van der Waals surface area contributed by atoms with E-state index in [9.17, 15) is 18.7 Å². The van der Waals surface area contributed by atoms with E-state index in [1.807, 2.05) is 0 Å². The van der Waals surface area contributed by atoms with E-state index >= 15 is 0 Å². The molecule has 0 aliphatic rings. The van der Waals surface area contributed by atoms with Gasteiger partial charge >= 0.3 is 5.97 Å². The molecule has 0 bridgehead atoms. The summed E-state index contributed by atoms with van der Waals surface area (Å²) in [7, 11) is 0. The second-order valence-corrected chi connectivity index (χ2v) is 5.88. The summed E-state index contributed by atoms with van der Waals surface area (Å²) in [4.78, 5) is 11.6. The Hall–Kier alpha value is -1.73. The summed E-state index contributed by atoms with van der Waals surface area (Å²) in [5, 5.41) is 9.81. The van der Waals surface area contributed by atoms with Gasteiger partial charge in [-0.15, -0.1) is 0 Å². The highest BCUT2D eigenvalue weighted by atomic mass is 19.1. The maximum absolute atomic E-state index is 13.3. The molecule has 7 heteroatoms. The third-order valence-electron chi connectivity index (χ3n) is 2.63. The molecule has 1 aromatic rings. The van der Waals surface area contributed by atoms with Gasteiger partial charge in [0.05, 0.1) is 6.42 Å². The molecule has 0 amide bonds. The van der Waals surface area contributed by atoms with Crippen LogP contribution >= 0.6 is 0 Å². The lowest BCUT2D eigenvalue weighted by molar-refractivity contribution is -0.156. The number of ether oxygens (including phenoxy) is 2. The Kier molecular flexibility index (Phi) is 6.25. The van der Waals surface area contributed by atoms with Gasteiger partial charge in [-0.1, -0.05) is 6.07 Å². The van der Waals surface area contributed by atoms with E-state index in [0.29, 0.717) is 0 Å². The molecule has 0 spiro atoms. The summed E-state index contributed by atoms with van der Waals surface area (Å²) in [6.45, 7) is 4.67. The average molecular weight is 317 g/mol. The first-order valence-electron chi connectivity index (χ1n) is 6.82. The fourth-order valence-electron chi connectivity index (χ4n) is 1.62. The molecule has 1 aromatic carbocycles. The molecule has 0 aliphatic carbocycles. The number of benzene rings is 1. The van der Waals surface area contributed by atoms with Gasteiger partial charge in [0.15, 0.2) is 17.4 Å². The minimum atomic E-state index is -1.27. The molecule has 2 atom stereocenters. The lowest BCUT2D eigenvalue weighted by Crippen LogP contribution is -2.41. The number of aliphatic hydroxyl groups is 1. The van der Waals surface area contributed by atoms with Crippen LogP contribution in [0.1, 0.15) is 27.2 Å². The quantitative estimate of drug-likeness (QED) is 0.781. The van der Waals surface area contributed by atoms with E-state index in [0.717, 1.165) is 12.1 Å². The van der Waals surface area contributed by atoms with Gasteiger partial charge in [-0.25, -0.2) is 8.78 Å².